The highest BCUT2D eigenvalue weighted by Gasteiger charge is 2.12. The van der Waals surface area contributed by atoms with Gasteiger partial charge in [0.25, 0.3) is 5.91 Å². The van der Waals surface area contributed by atoms with Crippen molar-refractivity contribution in [1.29, 1.82) is 0 Å². The Morgan fingerprint density at radius 1 is 1.23 bits per heavy atom. The number of aliphatic hydroxyl groups is 2. The largest absolute Gasteiger partial charge is 0.395 e. The first-order valence-corrected chi connectivity index (χ1v) is 10.5. The first-order chi connectivity index (χ1) is 15.0. The van der Waals surface area contributed by atoms with Gasteiger partial charge in [0.15, 0.2) is 0 Å². The van der Waals surface area contributed by atoms with E-state index in [9.17, 15) is 9.90 Å². The second kappa shape index (κ2) is 12.7. The number of H-pyrrole nitrogens is 1. The van der Waals surface area contributed by atoms with Gasteiger partial charge in [-0.3, -0.25) is 4.79 Å². The van der Waals surface area contributed by atoms with Gasteiger partial charge in [-0.05, 0) is 48.7 Å². The minimum absolute atomic E-state index is 0.0424. The monoisotopic (exact) mass is 444 g/mol. The second-order valence-electron chi connectivity index (χ2n) is 6.89. The quantitative estimate of drug-likeness (QED) is 0.364. The summed E-state index contributed by atoms with van der Waals surface area (Å²) in [7, 11) is 0. The van der Waals surface area contributed by atoms with E-state index in [1.54, 1.807) is 18.5 Å². The van der Waals surface area contributed by atoms with Gasteiger partial charge in [0, 0.05) is 29.5 Å². The van der Waals surface area contributed by atoms with Gasteiger partial charge >= 0.3 is 0 Å². The minimum Gasteiger partial charge on any atom is -0.395 e. The predicted molar refractivity (Wildman–Crippen MR) is 124 cm³/mol. The molecule has 0 spiro atoms. The molecule has 5 N–H and O–H groups in total. The van der Waals surface area contributed by atoms with Gasteiger partial charge in [-0.2, -0.15) is 0 Å². The van der Waals surface area contributed by atoms with E-state index in [2.05, 4.69) is 20.6 Å². The van der Waals surface area contributed by atoms with Gasteiger partial charge in [0.05, 0.1) is 19.3 Å². The average molecular weight is 445 g/mol. The Bertz CT molecular complexity index is 943. The molecule has 1 atom stereocenters. The normalized spacial score (nSPS) is 11.3. The van der Waals surface area contributed by atoms with E-state index >= 15 is 0 Å². The fourth-order valence-electron chi connectivity index (χ4n) is 2.76. The number of amides is 1. The predicted octanol–water partition coefficient (Wildman–Crippen LogP) is 3.63. The lowest BCUT2D eigenvalue weighted by Crippen LogP contribution is -2.26. The third-order valence-electron chi connectivity index (χ3n) is 4.54. The van der Waals surface area contributed by atoms with Crippen LogP contribution in [0.15, 0.2) is 54.9 Å². The van der Waals surface area contributed by atoms with Gasteiger partial charge in [-0.1, -0.05) is 36.7 Å². The summed E-state index contributed by atoms with van der Waals surface area (Å²) in [6, 6.07) is 13.1. The maximum absolute atomic E-state index is 11.9. The number of benzene rings is 1. The lowest BCUT2D eigenvalue weighted by Gasteiger charge is -2.15. The Kier molecular flexibility index (Phi) is 10.0. The van der Waals surface area contributed by atoms with Crippen LogP contribution in [-0.4, -0.2) is 51.9 Å². The SMILES string of the molecule is CC[C@@H](CO)Nc1cc(-c2c[nH]c(C(=O)NCCO)c2)c(C)cn1.Clc1ccccc1. The maximum Gasteiger partial charge on any atom is 0.267 e. The molecule has 0 aliphatic carbocycles. The van der Waals surface area contributed by atoms with Crippen molar-refractivity contribution < 1.29 is 15.0 Å². The van der Waals surface area contributed by atoms with Crippen molar-refractivity contribution in [3.05, 3.63) is 71.1 Å². The smallest absolute Gasteiger partial charge is 0.267 e. The highest BCUT2D eigenvalue weighted by Crippen LogP contribution is 2.26. The molecule has 3 aromatic rings. The zero-order valence-corrected chi connectivity index (χ0v) is 18.5. The number of aliphatic hydroxyl groups excluding tert-OH is 2. The van der Waals surface area contributed by atoms with Gasteiger partial charge < -0.3 is 25.8 Å². The van der Waals surface area contributed by atoms with Crippen LogP contribution in [0.5, 0.6) is 0 Å². The van der Waals surface area contributed by atoms with Crippen LogP contribution in [0.2, 0.25) is 5.02 Å². The van der Waals surface area contributed by atoms with E-state index in [1.807, 2.05) is 50.2 Å². The number of aromatic amines is 1. The van der Waals surface area contributed by atoms with E-state index in [0.29, 0.717) is 11.5 Å². The molecule has 1 aromatic carbocycles. The average Bonchev–Trinajstić information content (AvgIpc) is 3.28. The summed E-state index contributed by atoms with van der Waals surface area (Å²) in [6.45, 7) is 4.11. The van der Waals surface area contributed by atoms with Gasteiger partial charge in [-0.25, -0.2) is 4.98 Å². The summed E-state index contributed by atoms with van der Waals surface area (Å²) in [5, 5.41) is 24.7. The van der Waals surface area contributed by atoms with Crippen LogP contribution >= 0.6 is 11.6 Å². The Morgan fingerprint density at radius 2 is 1.97 bits per heavy atom. The van der Waals surface area contributed by atoms with Crippen LogP contribution in [0.3, 0.4) is 0 Å². The van der Waals surface area contributed by atoms with Crippen LogP contribution in [0.25, 0.3) is 11.1 Å². The van der Waals surface area contributed by atoms with Crippen molar-refractivity contribution in [2.24, 2.45) is 0 Å². The molecule has 0 unspecified atom stereocenters. The molecule has 1 amide bonds. The molecule has 2 aromatic heterocycles. The number of nitrogens with one attached hydrogen (secondary N) is 3. The second-order valence-corrected chi connectivity index (χ2v) is 7.33. The number of carbonyl (C=O) groups excluding carboxylic acids is 1. The van der Waals surface area contributed by atoms with Crippen LogP contribution in [0, 0.1) is 6.92 Å². The molecule has 0 radical (unpaired) electrons. The molecular weight excluding hydrogens is 416 g/mol. The van der Waals surface area contributed by atoms with Gasteiger partial charge in [0.1, 0.15) is 11.5 Å². The van der Waals surface area contributed by atoms with E-state index in [-0.39, 0.29) is 31.7 Å². The number of rotatable bonds is 8. The Balaban J connectivity index is 0.000000412. The highest BCUT2D eigenvalue weighted by molar-refractivity contribution is 6.30. The molecule has 3 rings (SSSR count). The molecule has 0 bridgehead atoms. The standard InChI is InChI=1S/C17H24N4O3.C6H5Cl/c1-3-13(10-23)21-16-7-14(11(2)8-20-16)12-6-15(19-9-12)17(24)18-4-5-22;7-6-4-2-1-3-5-6/h6-9,13,19,22-23H,3-5,10H2,1-2H3,(H,18,24)(H,20,21);1-5H/t13-;/m0./s1. The summed E-state index contributed by atoms with van der Waals surface area (Å²) in [6.07, 6.45) is 4.32. The number of pyridine rings is 1. The molecule has 7 nitrogen and oxygen atoms in total. The number of anilines is 1. The van der Waals surface area contributed by atoms with Gasteiger partial charge in [-0.15, -0.1) is 0 Å². The van der Waals surface area contributed by atoms with Crippen molar-refractivity contribution in [3.63, 3.8) is 0 Å². The fraction of sp³-hybridized carbons (Fsp3) is 0.304. The molecule has 0 aliphatic rings. The van der Waals surface area contributed by atoms with Crippen molar-refractivity contribution >= 4 is 23.3 Å². The lowest BCUT2D eigenvalue weighted by molar-refractivity contribution is 0.0940. The zero-order chi connectivity index (χ0) is 22.6. The van der Waals surface area contributed by atoms with Crippen molar-refractivity contribution in [2.45, 2.75) is 26.3 Å². The first-order valence-electron chi connectivity index (χ1n) is 10.1. The molecule has 8 heteroatoms. The van der Waals surface area contributed by atoms with Crippen LogP contribution in [-0.2, 0) is 0 Å². The van der Waals surface area contributed by atoms with E-state index < -0.39 is 0 Å². The number of aromatic nitrogens is 2. The number of halogens is 1. The molecule has 166 valence electrons. The Morgan fingerprint density at radius 3 is 2.55 bits per heavy atom. The maximum atomic E-state index is 11.9. The van der Waals surface area contributed by atoms with Crippen molar-refractivity contribution in [1.82, 2.24) is 15.3 Å². The summed E-state index contributed by atoms with van der Waals surface area (Å²) in [5.41, 5.74) is 3.26. The first kappa shape index (κ1) is 24.4. The number of hydrogen-bond donors (Lipinski definition) is 5. The molecular formula is C23H29ClN4O3. The third kappa shape index (κ3) is 7.71. The zero-order valence-electron chi connectivity index (χ0n) is 17.7. The van der Waals surface area contributed by atoms with E-state index in [0.717, 1.165) is 28.1 Å². The van der Waals surface area contributed by atoms with Gasteiger partial charge in [0.2, 0.25) is 0 Å². The van der Waals surface area contributed by atoms with E-state index in [1.165, 1.54) is 0 Å². The van der Waals surface area contributed by atoms with Crippen LogP contribution < -0.4 is 10.6 Å². The van der Waals surface area contributed by atoms with Crippen molar-refractivity contribution in [3.8, 4) is 11.1 Å². The molecule has 2 heterocycles. The topological polar surface area (TPSA) is 110 Å². The van der Waals surface area contributed by atoms with Crippen molar-refractivity contribution in [2.75, 3.05) is 25.1 Å². The number of hydrogen-bond acceptors (Lipinski definition) is 5. The molecule has 31 heavy (non-hydrogen) atoms. The summed E-state index contributed by atoms with van der Waals surface area (Å²) < 4.78 is 0. The molecule has 0 fully saturated rings. The van der Waals surface area contributed by atoms with Crippen LogP contribution in [0.1, 0.15) is 29.4 Å². The number of carbonyl (C=O) groups is 1. The number of nitrogens with zero attached hydrogens (tertiary/aromatic N) is 1. The number of aryl methyl sites for hydroxylation is 1. The fourth-order valence-corrected chi connectivity index (χ4v) is 2.91. The highest BCUT2D eigenvalue weighted by atomic mass is 35.5. The Hall–Kier alpha value is -2.87. The molecule has 0 saturated heterocycles. The summed E-state index contributed by atoms with van der Waals surface area (Å²) >= 11 is 5.54. The van der Waals surface area contributed by atoms with Crippen LogP contribution in [0.4, 0.5) is 5.82 Å². The summed E-state index contributed by atoms with van der Waals surface area (Å²) in [5.74, 6) is 0.427. The summed E-state index contributed by atoms with van der Waals surface area (Å²) in [4.78, 5) is 19.2. The lowest BCUT2D eigenvalue weighted by atomic mass is 10.0. The Labute approximate surface area is 187 Å². The molecule has 0 saturated carbocycles. The minimum atomic E-state index is -0.258. The molecule has 0 aliphatic heterocycles. The van der Waals surface area contributed by atoms with E-state index in [4.69, 9.17) is 16.7 Å². The third-order valence-corrected chi connectivity index (χ3v) is 4.79.